The minimum Gasteiger partial charge on any atom is -1.00 e. The fourth-order valence-corrected chi connectivity index (χ4v) is 3.37. The van der Waals surface area contributed by atoms with E-state index in [1.165, 1.54) is 19.3 Å². The van der Waals surface area contributed by atoms with Gasteiger partial charge in [0.05, 0.1) is 0 Å². The average molecular weight is 189 g/mol. The first-order chi connectivity index (χ1) is 5.20. The summed E-state index contributed by atoms with van der Waals surface area (Å²) in [6.45, 7) is 4.65. The second-order valence-corrected chi connectivity index (χ2v) is 4.73. The van der Waals surface area contributed by atoms with Crippen LogP contribution < -0.4 is 18.1 Å². The first kappa shape index (κ1) is 10.3. The first-order valence-corrected chi connectivity index (χ1v) is 4.95. The fourth-order valence-electron chi connectivity index (χ4n) is 3.37. The van der Waals surface area contributed by atoms with Crippen LogP contribution in [0.3, 0.4) is 0 Å². The topological polar surface area (TPSA) is 26.0 Å². The molecular formula is C10H19ClN-. The lowest BCUT2D eigenvalue weighted by atomic mass is 9.78. The minimum atomic E-state index is 0. The van der Waals surface area contributed by atoms with Gasteiger partial charge in [-0.2, -0.15) is 0 Å². The van der Waals surface area contributed by atoms with Crippen LogP contribution in [0.2, 0.25) is 0 Å². The molecule has 72 valence electrons. The highest BCUT2D eigenvalue weighted by Gasteiger charge is 2.46. The van der Waals surface area contributed by atoms with Gasteiger partial charge < -0.3 is 18.1 Å². The highest BCUT2D eigenvalue weighted by Crippen LogP contribution is 2.50. The van der Waals surface area contributed by atoms with Gasteiger partial charge >= 0.3 is 0 Å². The summed E-state index contributed by atoms with van der Waals surface area (Å²) in [5.41, 5.74) is 6.17. The average Bonchev–Trinajstić information content (AvgIpc) is 2.44. The zero-order chi connectivity index (χ0) is 8.01. The van der Waals surface area contributed by atoms with E-state index in [4.69, 9.17) is 5.73 Å². The quantitative estimate of drug-likeness (QED) is 0.563. The lowest BCUT2D eigenvalue weighted by Gasteiger charge is -2.31. The van der Waals surface area contributed by atoms with Gasteiger partial charge in [0.2, 0.25) is 0 Å². The molecule has 1 nitrogen and oxygen atoms in total. The molecule has 2 aliphatic rings. The summed E-state index contributed by atoms with van der Waals surface area (Å²) in [4.78, 5) is 0. The van der Waals surface area contributed by atoms with Crippen molar-refractivity contribution in [2.75, 3.05) is 0 Å². The third-order valence-electron chi connectivity index (χ3n) is 3.82. The molecule has 0 heterocycles. The van der Waals surface area contributed by atoms with E-state index in [1.807, 2.05) is 0 Å². The monoisotopic (exact) mass is 188 g/mol. The van der Waals surface area contributed by atoms with Crippen LogP contribution in [0.15, 0.2) is 0 Å². The van der Waals surface area contributed by atoms with Gasteiger partial charge in [-0.25, -0.2) is 0 Å². The predicted octanol–water partition coefficient (Wildman–Crippen LogP) is -0.980. The Balaban J connectivity index is 0.000000720. The highest BCUT2D eigenvalue weighted by molar-refractivity contribution is 4.99. The van der Waals surface area contributed by atoms with Crippen molar-refractivity contribution < 1.29 is 12.4 Å². The molecule has 2 N–H and O–H groups in total. The molecule has 2 heteroatoms. The molecule has 12 heavy (non-hydrogen) atoms. The van der Waals surface area contributed by atoms with E-state index in [0.29, 0.717) is 6.04 Å². The molecular weight excluding hydrogens is 170 g/mol. The third-order valence-corrected chi connectivity index (χ3v) is 3.82. The van der Waals surface area contributed by atoms with E-state index in [1.54, 1.807) is 0 Å². The maximum Gasteiger partial charge on any atom is 0.0101 e. The van der Waals surface area contributed by atoms with Gasteiger partial charge in [0.15, 0.2) is 0 Å². The molecule has 0 aromatic carbocycles. The number of hydrogen-bond donors (Lipinski definition) is 1. The number of rotatable bonds is 1. The molecule has 0 amide bonds. The summed E-state index contributed by atoms with van der Waals surface area (Å²) in [5, 5.41) is 0. The molecule has 2 fully saturated rings. The molecule has 0 radical (unpaired) electrons. The van der Waals surface area contributed by atoms with Crippen LogP contribution in [0.1, 0.15) is 33.1 Å². The predicted molar refractivity (Wildman–Crippen MR) is 47.1 cm³/mol. The second kappa shape index (κ2) is 3.55. The van der Waals surface area contributed by atoms with E-state index in [-0.39, 0.29) is 12.4 Å². The van der Waals surface area contributed by atoms with Gasteiger partial charge in [0.25, 0.3) is 0 Å². The molecule has 2 aliphatic carbocycles. The molecule has 2 rings (SSSR count). The molecule has 4 atom stereocenters. The minimum absolute atomic E-state index is 0. The van der Waals surface area contributed by atoms with E-state index < -0.39 is 0 Å². The maximum atomic E-state index is 6.17. The summed E-state index contributed by atoms with van der Waals surface area (Å²) in [7, 11) is 0. The summed E-state index contributed by atoms with van der Waals surface area (Å²) >= 11 is 0. The Morgan fingerprint density at radius 2 is 1.75 bits per heavy atom. The molecule has 2 saturated carbocycles. The van der Waals surface area contributed by atoms with Crippen molar-refractivity contribution in [2.24, 2.45) is 29.4 Å². The fraction of sp³-hybridized carbons (Fsp3) is 1.00. The largest absolute Gasteiger partial charge is 1.00 e. The van der Waals surface area contributed by atoms with Crippen LogP contribution in [0.4, 0.5) is 0 Å². The lowest BCUT2D eigenvalue weighted by Crippen LogP contribution is -3.00. The Hall–Kier alpha value is 0.250. The standard InChI is InChI=1S/C10H19N.ClH/c1-6(2)9-7-3-4-8(5-7)10(9)11;/h6-10H,3-5,11H2,1-2H3;1H/p-1. The van der Waals surface area contributed by atoms with Crippen LogP contribution >= 0.6 is 0 Å². The molecule has 0 saturated heterocycles. The Morgan fingerprint density at radius 1 is 1.17 bits per heavy atom. The number of hydrogen-bond acceptors (Lipinski definition) is 1. The van der Waals surface area contributed by atoms with Crippen LogP contribution in [-0.2, 0) is 0 Å². The van der Waals surface area contributed by atoms with Crippen molar-refractivity contribution in [3.63, 3.8) is 0 Å². The summed E-state index contributed by atoms with van der Waals surface area (Å²) in [6.07, 6.45) is 4.31. The maximum absolute atomic E-state index is 6.17. The molecule has 2 bridgehead atoms. The number of halogens is 1. The SMILES string of the molecule is CC(C)C1C2CCC(C2)C1N.[Cl-]. The smallest absolute Gasteiger partial charge is 0.0101 e. The van der Waals surface area contributed by atoms with E-state index in [0.717, 1.165) is 23.7 Å². The Morgan fingerprint density at radius 3 is 2.08 bits per heavy atom. The van der Waals surface area contributed by atoms with E-state index >= 15 is 0 Å². The number of nitrogens with two attached hydrogens (primary N) is 1. The Kier molecular flexibility index (Phi) is 3.06. The summed E-state index contributed by atoms with van der Waals surface area (Å²) in [6, 6.07) is 0.536. The van der Waals surface area contributed by atoms with Crippen LogP contribution in [0, 0.1) is 23.7 Å². The molecule has 4 unspecified atom stereocenters. The normalized spacial score (nSPS) is 45.0. The third kappa shape index (κ3) is 1.38. The zero-order valence-corrected chi connectivity index (χ0v) is 8.72. The first-order valence-electron chi connectivity index (χ1n) is 4.95. The van der Waals surface area contributed by atoms with Gasteiger partial charge in [-0.1, -0.05) is 13.8 Å². The van der Waals surface area contributed by atoms with Crippen LogP contribution in [-0.4, -0.2) is 6.04 Å². The Bertz CT molecular complexity index is 156. The van der Waals surface area contributed by atoms with Crippen molar-refractivity contribution in [2.45, 2.75) is 39.2 Å². The molecule has 0 aliphatic heterocycles. The van der Waals surface area contributed by atoms with Gasteiger partial charge in [-0.3, -0.25) is 0 Å². The highest BCUT2D eigenvalue weighted by atomic mass is 35.5. The van der Waals surface area contributed by atoms with Crippen LogP contribution in [0.5, 0.6) is 0 Å². The van der Waals surface area contributed by atoms with E-state index in [9.17, 15) is 0 Å². The van der Waals surface area contributed by atoms with Gasteiger partial charge in [0, 0.05) is 6.04 Å². The van der Waals surface area contributed by atoms with Gasteiger partial charge in [-0.15, -0.1) is 0 Å². The van der Waals surface area contributed by atoms with Crippen molar-refractivity contribution >= 4 is 0 Å². The Labute approximate surface area is 81.5 Å². The van der Waals surface area contributed by atoms with Crippen molar-refractivity contribution in [1.82, 2.24) is 0 Å². The van der Waals surface area contributed by atoms with Crippen LogP contribution in [0.25, 0.3) is 0 Å². The zero-order valence-electron chi connectivity index (χ0n) is 7.96. The summed E-state index contributed by atoms with van der Waals surface area (Å²) < 4.78 is 0. The lowest BCUT2D eigenvalue weighted by molar-refractivity contribution is -0.00000276. The molecule has 0 aromatic rings. The molecule has 0 aromatic heterocycles. The van der Waals surface area contributed by atoms with Gasteiger partial charge in [-0.05, 0) is 42.9 Å². The molecule has 0 spiro atoms. The van der Waals surface area contributed by atoms with Crippen molar-refractivity contribution in [3.05, 3.63) is 0 Å². The van der Waals surface area contributed by atoms with E-state index in [2.05, 4.69) is 13.8 Å². The van der Waals surface area contributed by atoms with Crippen molar-refractivity contribution in [3.8, 4) is 0 Å². The second-order valence-electron chi connectivity index (χ2n) is 4.73. The number of fused-ring (bicyclic) bond motifs is 2. The summed E-state index contributed by atoms with van der Waals surface area (Å²) in [5.74, 6) is 3.51. The van der Waals surface area contributed by atoms with Gasteiger partial charge in [0.1, 0.15) is 0 Å². The van der Waals surface area contributed by atoms with Crippen molar-refractivity contribution in [1.29, 1.82) is 0 Å².